The molecule has 5 heterocycles. The first kappa shape index (κ1) is 27.6. The van der Waals surface area contributed by atoms with E-state index in [2.05, 4.69) is 56.8 Å². The highest BCUT2D eigenvalue weighted by atomic mass is 19.1. The maximum Gasteiger partial charge on any atom is 0.275 e. The zero-order chi connectivity index (χ0) is 29.1. The number of carbonyl (C=O) groups is 2. The van der Waals surface area contributed by atoms with Gasteiger partial charge in [0.05, 0.1) is 17.8 Å². The summed E-state index contributed by atoms with van der Waals surface area (Å²) in [7, 11) is 0. The van der Waals surface area contributed by atoms with E-state index in [-0.39, 0.29) is 41.6 Å². The van der Waals surface area contributed by atoms with Gasteiger partial charge >= 0.3 is 0 Å². The fourth-order valence-corrected chi connectivity index (χ4v) is 6.70. The van der Waals surface area contributed by atoms with Crippen LogP contribution in [0.1, 0.15) is 74.0 Å². The smallest absolute Gasteiger partial charge is 0.275 e. The largest absolute Gasteiger partial charge is 0.379 e. The number of amides is 2. The number of fused-ring (bicyclic) bond motifs is 5. The van der Waals surface area contributed by atoms with Gasteiger partial charge in [0.25, 0.3) is 5.91 Å². The highest BCUT2D eigenvalue weighted by molar-refractivity contribution is 5.99. The van der Waals surface area contributed by atoms with Crippen LogP contribution in [0.5, 0.6) is 0 Å². The van der Waals surface area contributed by atoms with Crippen LogP contribution >= 0.6 is 0 Å². The highest BCUT2D eigenvalue weighted by Gasteiger charge is 2.50. The molecule has 0 spiro atoms. The minimum Gasteiger partial charge on any atom is -0.379 e. The number of nitrogens with zero attached hydrogens (tertiary/aromatic N) is 6. The Morgan fingerprint density at radius 3 is 2.63 bits per heavy atom. The van der Waals surface area contributed by atoms with Crippen molar-refractivity contribution in [1.29, 1.82) is 0 Å². The quantitative estimate of drug-likeness (QED) is 0.475. The van der Waals surface area contributed by atoms with E-state index < -0.39 is 11.7 Å². The Morgan fingerprint density at radius 1 is 1.20 bits per heavy atom. The van der Waals surface area contributed by atoms with Crippen molar-refractivity contribution < 1.29 is 14.0 Å². The number of anilines is 1. The van der Waals surface area contributed by atoms with Crippen molar-refractivity contribution in [2.45, 2.75) is 83.7 Å². The molecule has 6 rings (SSSR count). The monoisotopic (exact) mass is 562 g/mol. The zero-order valence-electron chi connectivity index (χ0n) is 24.4. The Labute approximate surface area is 239 Å². The van der Waals surface area contributed by atoms with Gasteiger partial charge in [-0.25, -0.2) is 4.39 Å². The number of alkyl halides is 1. The summed E-state index contributed by atoms with van der Waals surface area (Å²) < 4.78 is 15.8. The average Bonchev–Trinajstić information content (AvgIpc) is 3.30. The topological polar surface area (TPSA) is 108 Å². The predicted octanol–water partition coefficient (Wildman–Crippen LogP) is 3.32. The van der Waals surface area contributed by atoms with Gasteiger partial charge in [-0.2, -0.15) is 9.61 Å². The van der Waals surface area contributed by atoms with Gasteiger partial charge in [0.2, 0.25) is 11.6 Å². The summed E-state index contributed by atoms with van der Waals surface area (Å²) in [6, 6.07) is 8.85. The van der Waals surface area contributed by atoms with Crippen molar-refractivity contribution in [3.63, 3.8) is 0 Å². The molecule has 0 saturated carbocycles. The first-order chi connectivity index (χ1) is 19.5. The lowest BCUT2D eigenvalue weighted by Crippen LogP contribution is -2.66. The Hall–Kier alpha value is -3.60. The van der Waals surface area contributed by atoms with Crippen LogP contribution in [0.25, 0.3) is 5.65 Å². The zero-order valence-corrected chi connectivity index (χ0v) is 24.4. The summed E-state index contributed by atoms with van der Waals surface area (Å²) >= 11 is 0. The molecule has 2 bridgehead atoms. The predicted molar refractivity (Wildman–Crippen MR) is 153 cm³/mol. The summed E-state index contributed by atoms with van der Waals surface area (Å²) in [5, 5.41) is 20.0. The maximum absolute atomic E-state index is 14.4. The molecule has 0 aliphatic carbocycles. The Balaban J connectivity index is 1.33. The molecule has 2 aromatic heterocycles. The second-order valence-electron chi connectivity index (χ2n) is 12.7. The van der Waals surface area contributed by atoms with Gasteiger partial charge in [0, 0.05) is 32.1 Å². The van der Waals surface area contributed by atoms with E-state index in [4.69, 9.17) is 0 Å². The molecule has 11 heteroatoms. The third-order valence-corrected chi connectivity index (χ3v) is 8.62. The molecule has 10 nitrogen and oxygen atoms in total. The van der Waals surface area contributed by atoms with E-state index in [0.717, 1.165) is 37.1 Å². The third kappa shape index (κ3) is 5.16. The fourth-order valence-electron chi connectivity index (χ4n) is 6.70. The number of piperidine rings is 1. The number of aryl methyl sites for hydroxylation is 1. The second kappa shape index (κ2) is 10.3. The number of benzene rings is 1. The molecule has 2 N–H and O–H groups in total. The molecule has 3 aliphatic heterocycles. The van der Waals surface area contributed by atoms with Crippen LogP contribution in [-0.2, 0) is 11.2 Å². The van der Waals surface area contributed by atoms with Crippen LogP contribution in [0, 0.1) is 12.8 Å². The Morgan fingerprint density at radius 2 is 1.93 bits per heavy atom. The van der Waals surface area contributed by atoms with Gasteiger partial charge in [-0.05, 0) is 56.7 Å². The minimum absolute atomic E-state index is 0.118. The summed E-state index contributed by atoms with van der Waals surface area (Å²) in [6.45, 7) is 11.1. The highest BCUT2D eigenvalue weighted by Crippen LogP contribution is 2.41. The number of rotatable bonds is 6. The number of hydrogen-bond acceptors (Lipinski definition) is 7. The van der Waals surface area contributed by atoms with E-state index in [9.17, 15) is 14.0 Å². The van der Waals surface area contributed by atoms with Crippen molar-refractivity contribution in [1.82, 2.24) is 34.9 Å². The Bertz CT molecular complexity index is 1470. The summed E-state index contributed by atoms with van der Waals surface area (Å²) in [5.41, 5.74) is 2.42. The van der Waals surface area contributed by atoms with Crippen LogP contribution in [0.2, 0.25) is 0 Å². The molecule has 2 amide bonds. The lowest BCUT2D eigenvalue weighted by Gasteiger charge is -2.51. The maximum atomic E-state index is 14.4. The van der Waals surface area contributed by atoms with E-state index in [1.54, 1.807) is 36.3 Å². The van der Waals surface area contributed by atoms with Crippen molar-refractivity contribution in [2.75, 3.05) is 25.0 Å². The third-order valence-electron chi connectivity index (χ3n) is 8.62. The van der Waals surface area contributed by atoms with Crippen LogP contribution in [-0.4, -0.2) is 84.9 Å². The van der Waals surface area contributed by atoms with Crippen LogP contribution < -0.4 is 10.6 Å². The van der Waals surface area contributed by atoms with Crippen molar-refractivity contribution in [3.8, 4) is 0 Å². The van der Waals surface area contributed by atoms with Crippen molar-refractivity contribution in [2.24, 2.45) is 5.92 Å². The number of nitrogens with one attached hydrogen (secondary N) is 2. The van der Waals surface area contributed by atoms with Gasteiger partial charge < -0.3 is 20.4 Å². The Kier molecular flexibility index (Phi) is 6.96. The fraction of sp³-hybridized carbons (Fsp3) is 0.567. The summed E-state index contributed by atoms with van der Waals surface area (Å²) in [6.07, 6.45) is 2.14. The number of hydrogen-bond donors (Lipinski definition) is 2. The minimum atomic E-state index is -1.23. The van der Waals surface area contributed by atoms with Gasteiger partial charge in [-0.3, -0.25) is 9.59 Å². The number of halogens is 1. The SMILES string of the molecule is Cc1nnc2c(NC3CCN(CC(C)(C)F)CC3)cc(C(=O)N3C4Cc5ccccc5C3C(C(C)C)NC4=O)nn12. The van der Waals surface area contributed by atoms with Crippen molar-refractivity contribution >= 4 is 23.1 Å². The molecule has 3 aromatic rings. The summed E-state index contributed by atoms with van der Waals surface area (Å²) in [4.78, 5) is 31.6. The first-order valence-corrected chi connectivity index (χ1v) is 14.6. The molecular weight excluding hydrogens is 523 g/mol. The molecule has 3 aliphatic rings. The molecule has 3 atom stereocenters. The van der Waals surface area contributed by atoms with Crippen molar-refractivity contribution in [3.05, 3.63) is 53.0 Å². The van der Waals surface area contributed by atoms with Crippen LogP contribution in [0.3, 0.4) is 0 Å². The van der Waals surface area contributed by atoms with E-state index >= 15 is 0 Å². The van der Waals surface area contributed by atoms with Gasteiger partial charge in [-0.1, -0.05) is 38.1 Å². The number of likely N-dealkylation sites (tertiary alicyclic amines) is 1. The molecule has 218 valence electrons. The molecule has 41 heavy (non-hydrogen) atoms. The lowest BCUT2D eigenvalue weighted by atomic mass is 9.78. The molecule has 0 radical (unpaired) electrons. The number of piperazine rings is 1. The van der Waals surface area contributed by atoms with E-state index in [0.29, 0.717) is 30.1 Å². The molecular formula is C30H39FN8O2. The average molecular weight is 563 g/mol. The van der Waals surface area contributed by atoms with Gasteiger partial charge in [0.15, 0.2) is 11.5 Å². The van der Waals surface area contributed by atoms with Gasteiger partial charge in [0.1, 0.15) is 11.7 Å². The summed E-state index contributed by atoms with van der Waals surface area (Å²) in [5.74, 6) is 0.270. The number of aromatic nitrogens is 4. The van der Waals surface area contributed by atoms with E-state index in [1.807, 2.05) is 12.1 Å². The van der Waals surface area contributed by atoms with Gasteiger partial charge in [-0.15, -0.1) is 10.2 Å². The first-order valence-electron chi connectivity index (χ1n) is 14.6. The van der Waals surface area contributed by atoms with E-state index in [1.165, 1.54) is 0 Å². The molecule has 2 fully saturated rings. The normalized spacial score (nSPS) is 23.5. The van der Waals surface area contributed by atoms with Crippen LogP contribution in [0.15, 0.2) is 30.3 Å². The molecule has 2 saturated heterocycles. The number of carbonyl (C=O) groups excluding carboxylic acids is 2. The molecule has 1 aromatic carbocycles. The second-order valence-corrected chi connectivity index (χ2v) is 12.7. The van der Waals surface area contributed by atoms with Crippen LogP contribution in [0.4, 0.5) is 10.1 Å². The lowest BCUT2D eigenvalue weighted by molar-refractivity contribution is -0.133. The standard InChI is InChI=1S/C30H39FN8O2/c1-17(2)25-26-21-9-7-6-8-19(21)14-24(28(40)33-25)38(26)29(41)23-15-22(27-35-34-18(3)39(27)36-23)32-20-10-12-37(13-11-20)16-30(4,5)31/h6-9,15,17,20,24-26,32H,10-14,16H2,1-5H3,(H,33,40). The molecule has 3 unspecified atom stereocenters.